The smallest absolute Gasteiger partial charge is 0.221 e. The number of hydrogen-bond donors (Lipinski definition) is 1. The van der Waals surface area contributed by atoms with Gasteiger partial charge in [0.15, 0.2) is 5.78 Å². The number of hydrogen-bond acceptors (Lipinski definition) is 4. The summed E-state index contributed by atoms with van der Waals surface area (Å²) in [4.78, 5) is 24.1. The molecule has 5 heteroatoms. The van der Waals surface area contributed by atoms with Gasteiger partial charge in [-0.05, 0) is 48.5 Å². The van der Waals surface area contributed by atoms with E-state index in [4.69, 9.17) is 4.74 Å². The Morgan fingerprint density at radius 2 is 1.68 bits per heavy atom. The van der Waals surface area contributed by atoms with Crippen LogP contribution in [-0.4, -0.2) is 24.6 Å². The van der Waals surface area contributed by atoms with Gasteiger partial charge in [-0.2, -0.15) is 0 Å². The average molecular weight is 315 g/mol. The Labute approximate surface area is 133 Å². The molecule has 4 nitrogen and oxygen atoms in total. The lowest BCUT2D eigenvalue weighted by Gasteiger charge is -2.05. The van der Waals surface area contributed by atoms with E-state index < -0.39 is 0 Å². The average Bonchev–Trinajstić information content (AvgIpc) is 2.53. The monoisotopic (exact) mass is 315 g/mol. The normalized spacial score (nSPS) is 10.1. The number of methoxy groups -OCH3 is 1. The van der Waals surface area contributed by atoms with E-state index in [0.717, 1.165) is 10.6 Å². The van der Waals surface area contributed by atoms with Gasteiger partial charge in [0.05, 0.1) is 12.9 Å². The van der Waals surface area contributed by atoms with Gasteiger partial charge in [-0.1, -0.05) is 0 Å². The van der Waals surface area contributed by atoms with Crippen LogP contribution in [0.1, 0.15) is 17.3 Å². The van der Waals surface area contributed by atoms with E-state index >= 15 is 0 Å². The molecule has 0 fully saturated rings. The van der Waals surface area contributed by atoms with E-state index in [1.54, 1.807) is 31.4 Å². The summed E-state index contributed by atoms with van der Waals surface area (Å²) in [6.45, 7) is 1.45. The minimum absolute atomic E-state index is 0.0511. The molecule has 0 unspecified atom stereocenters. The molecule has 0 saturated carbocycles. The molecule has 0 aliphatic heterocycles. The van der Waals surface area contributed by atoms with Gasteiger partial charge >= 0.3 is 0 Å². The lowest BCUT2D eigenvalue weighted by molar-refractivity contribution is -0.114. The Morgan fingerprint density at radius 1 is 1.05 bits per heavy atom. The molecule has 0 heterocycles. The zero-order valence-electron chi connectivity index (χ0n) is 12.5. The molecule has 0 spiro atoms. The standard InChI is InChI=1S/C17H17NO3S/c1-12(19)18-14-5-3-13(4-6-14)17(20)11-22-16-9-7-15(21-2)8-10-16/h3-10H,11H2,1-2H3,(H,18,19). The summed E-state index contributed by atoms with van der Waals surface area (Å²) >= 11 is 1.48. The summed E-state index contributed by atoms with van der Waals surface area (Å²) in [6, 6.07) is 14.5. The molecule has 0 atom stereocenters. The van der Waals surface area contributed by atoms with Gasteiger partial charge in [0.2, 0.25) is 5.91 Å². The van der Waals surface area contributed by atoms with Crippen LogP contribution in [0.3, 0.4) is 0 Å². The van der Waals surface area contributed by atoms with Crippen molar-refractivity contribution in [3.8, 4) is 5.75 Å². The van der Waals surface area contributed by atoms with Crippen molar-refractivity contribution in [3.05, 3.63) is 54.1 Å². The van der Waals surface area contributed by atoms with Gasteiger partial charge in [0, 0.05) is 23.1 Å². The maximum atomic E-state index is 12.1. The van der Waals surface area contributed by atoms with E-state index in [9.17, 15) is 9.59 Å². The molecule has 0 radical (unpaired) electrons. The van der Waals surface area contributed by atoms with Crippen molar-refractivity contribution in [2.75, 3.05) is 18.2 Å². The first-order chi connectivity index (χ1) is 10.6. The number of carbonyl (C=O) groups is 2. The van der Waals surface area contributed by atoms with Crippen molar-refractivity contribution in [2.45, 2.75) is 11.8 Å². The number of Topliss-reactive ketones (excluding diaryl/α,β-unsaturated/α-hetero) is 1. The van der Waals surface area contributed by atoms with Gasteiger partial charge in [-0.25, -0.2) is 0 Å². The number of nitrogens with one attached hydrogen (secondary N) is 1. The third-order valence-electron chi connectivity index (χ3n) is 2.96. The van der Waals surface area contributed by atoms with Crippen LogP contribution in [0, 0.1) is 0 Å². The minimum atomic E-state index is -0.130. The Balaban J connectivity index is 1.92. The van der Waals surface area contributed by atoms with Gasteiger partial charge in [0.25, 0.3) is 0 Å². The SMILES string of the molecule is COc1ccc(SCC(=O)c2ccc(NC(C)=O)cc2)cc1. The van der Waals surface area contributed by atoms with Crippen LogP contribution in [-0.2, 0) is 4.79 Å². The van der Waals surface area contributed by atoms with Crippen molar-refractivity contribution in [3.63, 3.8) is 0 Å². The summed E-state index contributed by atoms with van der Waals surface area (Å²) < 4.78 is 5.10. The van der Waals surface area contributed by atoms with Crippen LogP contribution >= 0.6 is 11.8 Å². The van der Waals surface area contributed by atoms with Gasteiger partial charge in [-0.15, -0.1) is 11.8 Å². The highest BCUT2D eigenvalue weighted by Gasteiger charge is 2.07. The molecule has 0 bridgehead atoms. The van der Waals surface area contributed by atoms with Crippen molar-refractivity contribution >= 4 is 29.1 Å². The zero-order chi connectivity index (χ0) is 15.9. The first kappa shape index (κ1) is 16.1. The quantitative estimate of drug-likeness (QED) is 0.653. The van der Waals surface area contributed by atoms with Gasteiger partial charge < -0.3 is 10.1 Å². The lowest BCUT2D eigenvalue weighted by atomic mass is 10.1. The second-order valence-electron chi connectivity index (χ2n) is 4.65. The zero-order valence-corrected chi connectivity index (χ0v) is 13.3. The summed E-state index contributed by atoms with van der Waals surface area (Å²) in [7, 11) is 1.62. The second kappa shape index (κ2) is 7.66. The summed E-state index contributed by atoms with van der Waals surface area (Å²) in [5.74, 6) is 1.08. The molecule has 1 amide bonds. The predicted octanol–water partition coefficient (Wildman–Crippen LogP) is 3.63. The molecular weight excluding hydrogens is 298 g/mol. The maximum absolute atomic E-state index is 12.1. The maximum Gasteiger partial charge on any atom is 0.221 e. The molecule has 1 N–H and O–H groups in total. The van der Waals surface area contributed by atoms with Crippen molar-refractivity contribution in [1.29, 1.82) is 0 Å². The van der Waals surface area contributed by atoms with Crippen LogP contribution in [0.4, 0.5) is 5.69 Å². The van der Waals surface area contributed by atoms with Crippen LogP contribution in [0.25, 0.3) is 0 Å². The third kappa shape index (κ3) is 4.63. The summed E-state index contributed by atoms with van der Waals surface area (Å²) in [5, 5.41) is 2.67. The van der Waals surface area contributed by atoms with Crippen LogP contribution in [0.15, 0.2) is 53.4 Å². The number of ether oxygens (including phenoxy) is 1. The van der Waals surface area contributed by atoms with Crippen molar-refractivity contribution in [2.24, 2.45) is 0 Å². The number of ketones is 1. The number of amides is 1. The van der Waals surface area contributed by atoms with Crippen LogP contribution < -0.4 is 10.1 Å². The fourth-order valence-corrected chi connectivity index (χ4v) is 2.64. The number of thioether (sulfide) groups is 1. The molecule has 0 aliphatic carbocycles. The summed E-state index contributed by atoms with van der Waals surface area (Å²) in [6.07, 6.45) is 0. The van der Waals surface area contributed by atoms with Gasteiger partial charge in [0.1, 0.15) is 5.75 Å². The number of benzene rings is 2. The Bertz CT molecular complexity index is 651. The fraction of sp³-hybridized carbons (Fsp3) is 0.176. The topological polar surface area (TPSA) is 55.4 Å². The van der Waals surface area contributed by atoms with Gasteiger partial charge in [-0.3, -0.25) is 9.59 Å². The van der Waals surface area contributed by atoms with E-state index in [2.05, 4.69) is 5.32 Å². The molecule has 0 aliphatic rings. The van der Waals surface area contributed by atoms with Crippen LogP contribution in [0.5, 0.6) is 5.75 Å². The Hall–Kier alpha value is -2.27. The molecule has 0 saturated heterocycles. The molecule has 22 heavy (non-hydrogen) atoms. The van der Waals surface area contributed by atoms with E-state index in [1.165, 1.54) is 18.7 Å². The highest BCUT2D eigenvalue weighted by molar-refractivity contribution is 8.00. The first-order valence-electron chi connectivity index (χ1n) is 6.76. The molecular formula is C17H17NO3S. The molecule has 0 aromatic heterocycles. The highest BCUT2D eigenvalue weighted by atomic mass is 32.2. The minimum Gasteiger partial charge on any atom is -0.497 e. The van der Waals surface area contributed by atoms with E-state index in [0.29, 0.717) is 17.0 Å². The largest absolute Gasteiger partial charge is 0.497 e. The Morgan fingerprint density at radius 3 is 2.23 bits per heavy atom. The summed E-state index contributed by atoms with van der Waals surface area (Å²) in [5.41, 5.74) is 1.32. The molecule has 114 valence electrons. The van der Waals surface area contributed by atoms with Crippen LogP contribution in [0.2, 0.25) is 0 Å². The van der Waals surface area contributed by atoms with E-state index in [-0.39, 0.29) is 11.7 Å². The van der Waals surface area contributed by atoms with Crippen molar-refractivity contribution < 1.29 is 14.3 Å². The van der Waals surface area contributed by atoms with Crippen molar-refractivity contribution in [1.82, 2.24) is 0 Å². The molecule has 2 rings (SSSR count). The highest BCUT2D eigenvalue weighted by Crippen LogP contribution is 2.22. The fourth-order valence-electron chi connectivity index (χ4n) is 1.85. The van der Waals surface area contributed by atoms with E-state index in [1.807, 2.05) is 24.3 Å². The number of anilines is 1. The second-order valence-corrected chi connectivity index (χ2v) is 5.69. The Kier molecular flexibility index (Phi) is 5.61. The predicted molar refractivity (Wildman–Crippen MR) is 88.8 cm³/mol. The first-order valence-corrected chi connectivity index (χ1v) is 7.75. The molecule has 2 aromatic carbocycles. The number of carbonyl (C=O) groups excluding carboxylic acids is 2. The third-order valence-corrected chi connectivity index (χ3v) is 3.97. The number of rotatable bonds is 6. The molecule has 2 aromatic rings. The lowest BCUT2D eigenvalue weighted by Crippen LogP contribution is -2.06.